The Morgan fingerprint density at radius 3 is 3.00 bits per heavy atom. The van der Waals surface area contributed by atoms with Gasteiger partial charge in [-0.05, 0) is 44.7 Å². The van der Waals surface area contributed by atoms with Crippen LogP contribution >= 0.6 is 0 Å². The van der Waals surface area contributed by atoms with Gasteiger partial charge >= 0.3 is 0 Å². The van der Waals surface area contributed by atoms with Crippen LogP contribution in [0.1, 0.15) is 37.0 Å². The van der Waals surface area contributed by atoms with E-state index in [1.165, 1.54) is 0 Å². The van der Waals surface area contributed by atoms with Crippen LogP contribution in [0, 0.1) is 5.92 Å². The Morgan fingerprint density at radius 2 is 2.26 bits per heavy atom. The largest absolute Gasteiger partial charge is 0.478 e. The smallest absolute Gasteiger partial charge is 0.265 e. The fourth-order valence-electron chi connectivity index (χ4n) is 3.19. The van der Waals surface area contributed by atoms with Crippen molar-refractivity contribution in [3.63, 3.8) is 0 Å². The van der Waals surface area contributed by atoms with Crippen LogP contribution < -0.4 is 15.8 Å². The molecule has 6 heteroatoms. The minimum Gasteiger partial charge on any atom is -0.478 e. The Bertz CT molecular complexity index is 630. The van der Waals surface area contributed by atoms with Gasteiger partial charge < -0.3 is 20.7 Å². The van der Waals surface area contributed by atoms with Gasteiger partial charge in [-0.25, -0.2) is 0 Å². The van der Waals surface area contributed by atoms with Crippen molar-refractivity contribution in [2.24, 2.45) is 11.7 Å². The molecule has 0 spiro atoms. The first-order valence-electron chi connectivity index (χ1n) is 8.12. The lowest BCUT2D eigenvalue weighted by Gasteiger charge is -2.35. The molecule has 1 aromatic rings. The molecule has 0 aromatic heterocycles. The first-order valence-corrected chi connectivity index (χ1v) is 8.12. The van der Waals surface area contributed by atoms with Gasteiger partial charge in [-0.2, -0.15) is 0 Å². The van der Waals surface area contributed by atoms with Crippen molar-refractivity contribution in [1.29, 1.82) is 0 Å². The highest BCUT2D eigenvalue weighted by Gasteiger charge is 2.31. The Kier molecular flexibility index (Phi) is 4.26. The summed E-state index contributed by atoms with van der Waals surface area (Å²) in [6.07, 6.45) is 1.41. The lowest BCUT2D eigenvalue weighted by Crippen LogP contribution is -2.45. The highest BCUT2D eigenvalue weighted by molar-refractivity contribution is 6.04. The molecule has 3 rings (SSSR count). The number of carbonyl (C=O) groups is 2. The fourth-order valence-corrected chi connectivity index (χ4v) is 3.19. The van der Waals surface area contributed by atoms with E-state index in [1.54, 1.807) is 25.1 Å². The fraction of sp³-hybridized carbons (Fsp3) is 0.529. The van der Waals surface area contributed by atoms with Crippen molar-refractivity contribution < 1.29 is 14.3 Å². The first-order chi connectivity index (χ1) is 11.0. The molecule has 3 N–H and O–H groups in total. The number of likely N-dealkylation sites (tertiary alicyclic amines) is 1. The van der Waals surface area contributed by atoms with Crippen LogP contribution in [-0.4, -0.2) is 41.9 Å². The Balaban J connectivity index is 1.86. The molecule has 0 aliphatic carbocycles. The number of anilines is 1. The van der Waals surface area contributed by atoms with Crippen LogP contribution in [0.15, 0.2) is 18.2 Å². The number of carbonyl (C=O) groups excluding carboxylic acids is 2. The average molecular weight is 317 g/mol. The number of fused-ring (bicyclic) bond motifs is 1. The topological polar surface area (TPSA) is 84.7 Å². The van der Waals surface area contributed by atoms with E-state index in [2.05, 4.69) is 5.32 Å². The van der Waals surface area contributed by atoms with E-state index >= 15 is 0 Å². The first kappa shape index (κ1) is 15.8. The number of hydrogen-bond acceptors (Lipinski definition) is 4. The zero-order valence-corrected chi connectivity index (χ0v) is 13.5. The molecule has 23 heavy (non-hydrogen) atoms. The summed E-state index contributed by atoms with van der Waals surface area (Å²) in [5.74, 6) is 0.534. The molecule has 0 radical (unpaired) electrons. The third-order valence-corrected chi connectivity index (χ3v) is 4.66. The summed E-state index contributed by atoms with van der Waals surface area (Å²) >= 11 is 0. The van der Waals surface area contributed by atoms with Crippen molar-refractivity contribution in [2.75, 3.05) is 18.4 Å². The summed E-state index contributed by atoms with van der Waals surface area (Å²) in [4.78, 5) is 26.5. The summed E-state index contributed by atoms with van der Waals surface area (Å²) in [7, 11) is 0. The number of nitrogens with two attached hydrogens (primary N) is 1. The van der Waals surface area contributed by atoms with E-state index in [0.29, 0.717) is 29.5 Å². The van der Waals surface area contributed by atoms with Gasteiger partial charge in [-0.3, -0.25) is 9.59 Å². The summed E-state index contributed by atoms with van der Waals surface area (Å²) in [6, 6.07) is 5.34. The van der Waals surface area contributed by atoms with Gasteiger partial charge in [0.2, 0.25) is 0 Å². The minimum atomic E-state index is -0.602. The predicted octanol–water partition coefficient (Wildman–Crippen LogP) is 1.61. The highest BCUT2D eigenvalue weighted by Crippen LogP contribution is 2.34. The van der Waals surface area contributed by atoms with E-state index in [9.17, 15) is 9.59 Å². The second-order valence-electron chi connectivity index (χ2n) is 6.44. The maximum absolute atomic E-state index is 12.9. The second-order valence-corrected chi connectivity index (χ2v) is 6.44. The van der Waals surface area contributed by atoms with Crippen molar-refractivity contribution in [3.8, 4) is 5.75 Å². The number of hydrogen-bond donors (Lipinski definition) is 2. The summed E-state index contributed by atoms with van der Waals surface area (Å²) in [5.41, 5.74) is 7.06. The van der Waals surface area contributed by atoms with Gasteiger partial charge in [-0.1, -0.05) is 6.07 Å². The van der Waals surface area contributed by atoms with Crippen LogP contribution in [0.3, 0.4) is 0 Å². The summed E-state index contributed by atoms with van der Waals surface area (Å²) in [5, 5.41) is 2.78. The number of ether oxygens (including phenoxy) is 1. The number of nitrogens with zero attached hydrogens (tertiary/aromatic N) is 1. The molecule has 0 bridgehead atoms. The van der Waals surface area contributed by atoms with E-state index in [0.717, 1.165) is 19.4 Å². The molecule has 2 heterocycles. The lowest BCUT2D eigenvalue weighted by atomic mass is 9.91. The van der Waals surface area contributed by atoms with Crippen LogP contribution in [-0.2, 0) is 4.79 Å². The molecule has 2 aliphatic heterocycles. The van der Waals surface area contributed by atoms with Crippen molar-refractivity contribution >= 4 is 17.5 Å². The standard InChI is InChI=1S/C17H23N3O3/c1-10(18)12-5-4-8-20(9-12)17(22)13-6-3-7-14-15(13)23-11(2)16(21)19-14/h3,6-7,10-12H,4-5,8-9,18H2,1-2H3,(H,19,21). The maximum atomic E-state index is 12.9. The predicted molar refractivity (Wildman–Crippen MR) is 87.4 cm³/mol. The number of rotatable bonds is 2. The number of piperidine rings is 1. The zero-order chi connectivity index (χ0) is 16.6. The van der Waals surface area contributed by atoms with Gasteiger partial charge in [0.05, 0.1) is 11.3 Å². The maximum Gasteiger partial charge on any atom is 0.265 e. The molecule has 6 nitrogen and oxygen atoms in total. The van der Waals surface area contributed by atoms with Crippen LogP contribution in [0.4, 0.5) is 5.69 Å². The molecule has 2 aliphatic rings. The van der Waals surface area contributed by atoms with Crippen LogP contribution in [0.2, 0.25) is 0 Å². The van der Waals surface area contributed by atoms with Crippen LogP contribution in [0.25, 0.3) is 0 Å². The molecule has 3 unspecified atom stereocenters. The van der Waals surface area contributed by atoms with E-state index in [-0.39, 0.29) is 17.9 Å². The monoisotopic (exact) mass is 317 g/mol. The molecular weight excluding hydrogens is 294 g/mol. The molecule has 3 atom stereocenters. The molecular formula is C17H23N3O3. The molecule has 1 saturated heterocycles. The number of benzene rings is 1. The lowest BCUT2D eigenvalue weighted by molar-refractivity contribution is -0.122. The SMILES string of the molecule is CC1Oc2c(cccc2C(=O)N2CCCC(C(C)N)C2)NC1=O. The zero-order valence-electron chi connectivity index (χ0n) is 13.5. The van der Waals surface area contributed by atoms with Gasteiger partial charge in [0.15, 0.2) is 11.9 Å². The Morgan fingerprint density at radius 1 is 1.48 bits per heavy atom. The minimum absolute atomic E-state index is 0.0597. The highest BCUT2D eigenvalue weighted by atomic mass is 16.5. The van der Waals surface area contributed by atoms with Crippen molar-refractivity contribution in [3.05, 3.63) is 23.8 Å². The number of para-hydroxylation sites is 1. The van der Waals surface area contributed by atoms with Gasteiger partial charge in [0.25, 0.3) is 11.8 Å². The van der Waals surface area contributed by atoms with Crippen molar-refractivity contribution in [1.82, 2.24) is 4.90 Å². The molecule has 1 aromatic carbocycles. The molecule has 124 valence electrons. The Labute approximate surface area is 136 Å². The van der Waals surface area contributed by atoms with E-state index < -0.39 is 6.10 Å². The summed E-state index contributed by atoms with van der Waals surface area (Å²) in [6.45, 7) is 5.06. The Hall–Kier alpha value is -2.08. The number of amides is 2. The third kappa shape index (κ3) is 3.03. The average Bonchev–Trinajstić information content (AvgIpc) is 2.55. The van der Waals surface area contributed by atoms with Gasteiger partial charge in [-0.15, -0.1) is 0 Å². The van der Waals surface area contributed by atoms with Crippen molar-refractivity contribution in [2.45, 2.75) is 38.8 Å². The van der Waals surface area contributed by atoms with Crippen LogP contribution in [0.5, 0.6) is 5.75 Å². The van der Waals surface area contributed by atoms with Gasteiger partial charge in [0.1, 0.15) is 0 Å². The molecule has 1 fully saturated rings. The quantitative estimate of drug-likeness (QED) is 0.868. The van der Waals surface area contributed by atoms with E-state index in [1.807, 2.05) is 11.8 Å². The molecule has 2 amide bonds. The normalized spacial score (nSPS) is 25.2. The van der Waals surface area contributed by atoms with E-state index in [4.69, 9.17) is 10.5 Å². The van der Waals surface area contributed by atoms with Gasteiger partial charge in [0, 0.05) is 19.1 Å². The second kappa shape index (κ2) is 6.20. The number of nitrogens with one attached hydrogen (secondary N) is 1. The summed E-state index contributed by atoms with van der Waals surface area (Å²) < 4.78 is 5.68. The molecule has 0 saturated carbocycles. The third-order valence-electron chi connectivity index (χ3n) is 4.66.